The molecule has 0 saturated carbocycles. The molecule has 5 heteroatoms. The number of carbonyl (C=O) groups is 1. The summed E-state index contributed by atoms with van der Waals surface area (Å²) in [6.07, 6.45) is 0. The van der Waals surface area contributed by atoms with E-state index in [-0.39, 0.29) is 12.4 Å². The van der Waals surface area contributed by atoms with Crippen LogP contribution in [0, 0.1) is 13.8 Å². The van der Waals surface area contributed by atoms with E-state index in [1.807, 2.05) is 31.5 Å². The van der Waals surface area contributed by atoms with Gasteiger partial charge in [-0.1, -0.05) is 23.2 Å². The molecule has 20 heavy (non-hydrogen) atoms. The minimum atomic E-state index is -0.0720. The smallest absolute Gasteiger partial charge is 0.202 e. The van der Waals surface area contributed by atoms with Gasteiger partial charge in [0.1, 0.15) is 5.75 Å². The first kappa shape index (κ1) is 14.9. The van der Waals surface area contributed by atoms with Crippen molar-refractivity contribution in [3.05, 3.63) is 51.3 Å². The van der Waals surface area contributed by atoms with Crippen LogP contribution < -0.4 is 4.74 Å². The number of Topliss-reactive ketones (excluding diaryl/α,β-unsaturated/α-hetero) is 1. The van der Waals surface area contributed by atoms with E-state index in [4.69, 9.17) is 27.9 Å². The van der Waals surface area contributed by atoms with Crippen LogP contribution in [0.3, 0.4) is 0 Å². The van der Waals surface area contributed by atoms with E-state index in [0.29, 0.717) is 21.4 Å². The Balaban J connectivity index is 2.10. The van der Waals surface area contributed by atoms with Gasteiger partial charge in [0.05, 0.1) is 5.02 Å². The van der Waals surface area contributed by atoms with Gasteiger partial charge in [0.15, 0.2) is 6.61 Å². The van der Waals surface area contributed by atoms with Crippen molar-refractivity contribution in [3.8, 4) is 5.75 Å². The monoisotopic (exact) mass is 311 g/mol. The van der Waals surface area contributed by atoms with Gasteiger partial charge in [0.2, 0.25) is 5.78 Å². The number of benzene rings is 1. The molecule has 0 atom stereocenters. The Morgan fingerprint density at radius 1 is 1.25 bits per heavy atom. The highest BCUT2D eigenvalue weighted by Gasteiger charge is 2.15. The molecular formula is C15H15Cl2NO2. The van der Waals surface area contributed by atoms with Gasteiger partial charge >= 0.3 is 0 Å². The number of ketones is 1. The van der Waals surface area contributed by atoms with Crippen molar-refractivity contribution < 1.29 is 9.53 Å². The Hall–Kier alpha value is -1.45. The molecule has 0 N–H and O–H groups in total. The molecular weight excluding hydrogens is 297 g/mol. The Bertz CT molecular complexity index is 662. The summed E-state index contributed by atoms with van der Waals surface area (Å²) in [4.78, 5) is 12.2. The van der Waals surface area contributed by atoms with Gasteiger partial charge in [-0.15, -0.1) is 0 Å². The van der Waals surface area contributed by atoms with Crippen molar-refractivity contribution in [3.63, 3.8) is 0 Å². The molecule has 0 aliphatic rings. The Kier molecular flexibility index (Phi) is 4.41. The van der Waals surface area contributed by atoms with Crippen molar-refractivity contribution in [1.82, 2.24) is 4.57 Å². The lowest BCUT2D eigenvalue weighted by Crippen LogP contribution is -2.12. The van der Waals surface area contributed by atoms with Crippen molar-refractivity contribution in [2.24, 2.45) is 7.05 Å². The fourth-order valence-electron chi connectivity index (χ4n) is 1.95. The van der Waals surface area contributed by atoms with E-state index >= 15 is 0 Å². The molecule has 1 aromatic heterocycles. The lowest BCUT2D eigenvalue weighted by molar-refractivity contribution is 0.0921. The predicted molar refractivity (Wildman–Crippen MR) is 81.2 cm³/mol. The third-order valence-corrected chi connectivity index (χ3v) is 3.86. The summed E-state index contributed by atoms with van der Waals surface area (Å²) >= 11 is 11.8. The molecule has 0 unspecified atom stereocenters. The number of aryl methyl sites for hydroxylation is 1. The van der Waals surface area contributed by atoms with Crippen LogP contribution in [-0.2, 0) is 7.05 Å². The standard InChI is InChI=1S/C15H15Cl2NO2/c1-9-6-12(10(2)18(9)3)14(19)8-20-15-5-4-11(16)7-13(15)17/h4-7H,8H2,1-3H3. The van der Waals surface area contributed by atoms with Gasteiger partial charge in [-0.3, -0.25) is 4.79 Å². The fourth-order valence-corrected chi connectivity index (χ4v) is 2.41. The van der Waals surface area contributed by atoms with Gasteiger partial charge in [-0.25, -0.2) is 0 Å². The van der Waals surface area contributed by atoms with Crippen molar-refractivity contribution in [2.75, 3.05) is 6.61 Å². The van der Waals surface area contributed by atoms with Crippen LogP contribution in [0.25, 0.3) is 0 Å². The lowest BCUT2D eigenvalue weighted by Gasteiger charge is -2.07. The summed E-state index contributed by atoms with van der Waals surface area (Å²) in [5.41, 5.74) is 2.64. The fraction of sp³-hybridized carbons (Fsp3) is 0.267. The number of nitrogens with zero attached hydrogens (tertiary/aromatic N) is 1. The van der Waals surface area contributed by atoms with Gasteiger partial charge in [0, 0.05) is 29.0 Å². The summed E-state index contributed by atoms with van der Waals surface area (Å²) in [5.74, 6) is 0.381. The van der Waals surface area contributed by atoms with E-state index < -0.39 is 0 Å². The van der Waals surface area contributed by atoms with Crippen LogP contribution in [-0.4, -0.2) is 17.0 Å². The zero-order chi connectivity index (χ0) is 14.9. The Labute approximate surface area is 128 Å². The maximum absolute atomic E-state index is 12.2. The quantitative estimate of drug-likeness (QED) is 0.792. The van der Waals surface area contributed by atoms with E-state index in [0.717, 1.165) is 11.4 Å². The average molecular weight is 312 g/mol. The third-order valence-electron chi connectivity index (χ3n) is 3.33. The molecule has 0 amide bonds. The number of hydrogen-bond donors (Lipinski definition) is 0. The molecule has 2 rings (SSSR count). The molecule has 0 aliphatic carbocycles. The van der Waals surface area contributed by atoms with E-state index in [1.54, 1.807) is 18.2 Å². The van der Waals surface area contributed by atoms with Gasteiger partial charge in [-0.2, -0.15) is 0 Å². The zero-order valence-electron chi connectivity index (χ0n) is 11.5. The first-order chi connectivity index (χ1) is 9.40. The molecule has 0 aliphatic heterocycles. The van der Waals surface area contributed by atoms with Crippen molar-refractivity contribution in [1.29, 1.82) is 0 Å². The maximum atomic E-state index is 12.2. The Morgan fingerprint density at radius 2 is 1.95 bits per heavy atom. The second-order valence-corrected chi connectivity index (χ2v) is 5.47. The van der Waals surface area contributed by atoms with Crippen LogP contribution in [0.4, 0.5) is 0 Å². The largest absolute Gasteiger partial charge is 0.484 e. The highest BCUT2D eigenvalue weighted by Crippen LogP contribution is 2.27. The predicted octanol–water partition coefficient (Wildman–Crippen LogP) is 4.21. The van der Waals surface area contributed by atoms with Gasteiger partial charge in [-0.05, 0) is 38.1 Å². The van der Waals surface area contributed by atoms with Crippen LogP contribution in [0.2, 0.25) is 10.0 Å². The number of ether oxygens (including phenoxy) is 1. The van der Waals surface area contributed by atoms with Gasteiger partial charge < -0.3 is 9.30 Å². The molecule has 2 aromatic rings. The molecule has 0 spiro atoms. The molecule has 0 fully saturated rings. The SMILES string of the molecule is Cc1cc(C(=O)COc2ccc(Cl)cc2Cl)c(C)n1C. The summed E-state index contributed by atoms with van der Waals surface area (Å²) in [5, 5.41) is 0.925. The molecule has 3 nitrogen and oxygen atoms in total. The maximum Gasteiger partial charge on any atom is 0.202 e. The summed E-state index contributed by atoms with van der Waals surface area (Å²) in [6.45, 7) is 3.82. The number of halogens is 2. The van der Waals surface area contributed by atoms with Crippen LogP contribution >= 0.6 is 23.2 Å². The van der Waals surface area contributed by atoms with E-state index in [1.165, 1.54) is 0 Å². The molecule has 0 bridgehead atoms. The number of carbonyl (C=O) groups excluding carboxylic acids is 1. The highest BCUT2D eigenvalue weighted by atomic mass is 35.5. The van der Waals surface area contributed by atoms with Crippen molar-refractivity contribution >= 4 is 29.0 Å². The minimum absolute atomic E-state index is 0.0500. The minimum Gasteiger partial charge on any atom is -0.484 e. The van der Waals surface area contributed by atoms with Gasteiger partial charge in [0.25, 0.3) is 0 Å². The second-order valence-electron chi connectivity index (χ2n) is 4.63. The third kappa shape index (κ3) is 3.00. The lowest BCUT2D eigenvalue weighted by atomic mass is 10.1. The van der Waals surface area contributed by atoms with Crippen LogP contribution in [0.5, 0.6) is 5.75 Å². The molecule has 0 radical (unpaired) electrons. The number of rotatable bonds is 4. The van der Waals surface area contributed by atoms with Crippen LogP contribution in [0.15, 0.2) is 24.3 Å². The summed E-state index contributed by atoms with van der Waals surface area (Å²) in [6, 6.07) is 6.78. The molecule has 0 saturated heterocycles. The normalized spacial score (nSPS) is 10.7. The molecule has 106 valence electrons. The summed E-state index contributed by atoms with van der Waals surface area (Å²) < 4.78 is 7.44. The first-order valence-electron chi connectivity index (χ1n) is 6.14. The highest BCUT2D eigenvalue weighted by molar-refractivity contribution is 6.35. The zero-order valence-corrected chi connectivity index (χ0v) is 13.0. The van der Waals surface area contributed by atoms with E-state index in [9.17, 15) is 4.79 Å². The second kappa shape index (κ2) is 5.90. The molecule has 1 aromatic carbocycles. The summed E-state index contributed by atoms with van der Waals surface area (Å²) in [7, 11) is 1.93. The first-order valence-corrected chi connectivity index (χ1v) is 6.89. The van der Waals surface area contributed by atoms with E-state index in [2.05, 4.69) is 0 Å². The van der Waals surface area contributed by atoms with Crippen LogP contribution in [0.1, 0.15) is 21.7 Å². The molecule has 1 heterocycles. The number of aromatic nitrogens is 1. The number of hydrogen-bond acceptors (Lipinski definition) is 2. The average Bonchev–Trinajstić information content (AvgIpc) is 2.65. The topological polar surface area (TPSA) is 31.2 Å². The Morgan fingerprint density at radius 3 is 2.50 bits per heavy atom. The van der Waals surface area contributed by atoms with Crippen molar-refractivity contribution in [2.45, 2.75) is 13.8 Å².